The molecule has 3 aromatic rings. The molecule has 2 heterocycles. The van der Waals surface area contributed by atoms with Crippen molar-refractivity contribution in [3.8, 4) is 11.5 Å². The van der Waals surface area contributed by atoms with E-state index in [9.17, 15) is 13.6 Å². The molecule has 23 heavy (non-hydrogen) atoms. The van der Waals surface area contributed by atoms with Crippen LogP contribution in [0, 0.1) is 25.5 Å². The highest BCUT2D eigenvalue weighted by Crippen LogP contribution is 2.26. The zero-order chi connectivity index (χ0) is 16.6. The van der Waals surface area contributed by atoms with E-state index in [1.165, 1.54) is 0 Å². The summed E-state index contributed by atoms with van der Waals surface area (Å²) in [6.07, 6.45) is 0. The number of hydrogen-bond donors (Lipinski definition) is 1. The van der Waals surface area contributed by atoms with Crippen molar-refractivity contribution in [1.29, 1.82) is 0 Å². The molecule has 0 fully saturated rings. The Morgan fingerprint density at radius 3 is 2.52 bits per heavy atom. The van der Waals surface area contributed by atoms with E-state index in [0.29, 0.717) is 17.1 Å². The lowest BCUT2D eigenvalue weighted by Gasteiger charge is -2.01. The van der Waals surface area contributed by atoms with Crippen molar-refractivity contribution in [2.24, 2.45) is 0 Å². The normalized spacial score (nSPS) is 10.8. The van der Waals surface area contributed by atoms with E-state index in [1.807, 2.05) is 0 Å². The summed E-state index contributed by atoms with van der Waals surface area (Å²) in [6.45, 7) is 3.52. The zero-order valence-corrected chi connectivity index (χ0v) is 12.2. The van der Waals surface area contributed by atoms with Gasteiger partial charge in [-0.1, -0.05) is 5.10 Å². The van der Waals surface area contributed by atoms with Gasteiger partial charge in [-0.3, -0.25) is 10.1 Å². The van der Waals surface area contributed by atoms with Crippen LogP contribution >= 0.6 is 0 Å². The maximum atomic E-state index is 13.1. The van der Waals surface area contributed by atoms with Crippen molar-refractivity contribution in [1.82, 2.24) is 10.2 Å². The van der Waals surface area contributed by atoms with Gasteiger partial charge in [-0.15, -0.1) is 5.10 Å². The third-order valence-corrected chi connectivity index (χ3v) is 3.10. The van der Waals surface area contributed by atoms with E-state index >= 15 is 0 Å². The Kier molecular flexibility index (Phi) is 3.65. The Morgan fingerprint density at radius 1 is 1.09 bits per heavy atom. The highest BCUT2D eigenvalue weighted by Gasteiger charge is 2.17. The summed E-state index contributed by atoms with van der Waals surface area (Å²) >= 11 is 0. The molecule has 0 radical (unpaired) electrons. The summed E-state index contributed by atoms with van der Waals surface area (Å²) < 4.78 is 36.7. The average Bonchev–Trinajstić information content (AvgIpc) is 3.08. The first kappa shape index (κ1) is 14.9. The molecule has 1 amide bonds. The predicted octanol–water partition coefficient (Wildman–Crippen LogP) is 3.48. The summed E-state index contributed by atoms with van der Waals surface area (Å²) in [5.74, 6) is -1.38. The third kappa shape index (κ3) is 2.96. The number of nitrogens with zero attached hydrogens (tertiary/aromatic N) is 2. The Labute approximate surface area is 129 Å². The second-order valence-electron chi connectivity index (χ2n) is 4.82. The van der Waals surface area contributed by atoms with Gasteiger partial charge < -0.3 is 8.83 Å². The lowest BCUT2D eigenvalue weighted by molar-refractivity contribution is 0.102. The van der Waals surface area contributed by atoms with Crippen LogP contribution in [0.15, 0.2) is 33.1 Å². The molecular formula is C15H11F2N3O3. The highest BCUT2D eigenvalue weighted by molar-refractivity contribution is 6.03. The Morgan fingerprint density at radius 2 is 1.87 bits per heavy atom. The Hall–Kier alpha value is -3.03. The van der Waals surface area contributed by atoms with Gasteiger partial charge in [0.2, 0.25) is 0 Å². The molecule has 118 valence electrons. The van der Waals surface area contributed by atoms with Crippen molar-refractivity contribution in [2.45, 2.75) is 13.8 Å². The highest BCUT2D eigenvalue weighted by atomic mass is 19.2. The SMILES string of the molecule is Cc1cc(-c2nnc(NC(=O)c3ccc(F)c(F)c3)o2)c(C)o1. The molecule has 0 aliphatic heterocycles. The summed E-state index contributed by atoms with van der Waals surface area (Å²) in [5, 5.41) is 9.83. The summed E-state index contributed by atoms with van der Waals surface area (Å²) in [4.78, 5) is 11.9. The number of amides is 1. The van der Waals surface area contributed by atoms with Gasteiger partial charge in [0, 0.05) is 5.56 Å². The van der Waals surface area contributed by atoms with E-state index in [1.54, 1.807) is 19.9 Å². The second-order valence-corrected chi connectivity index (χ2v) is 4.82. The summed E-state index contributed by atoms with van der Waals surface area (Å²) in [6, 6.07) is 4.36. The summed E-state index contributed by atoms with van der Waals surface area (Å²) in [5.41, 5.74) is 0.544. The van der Waals surface area contributed by atoms with Crippen LogP contribution in [0.1, 0.15) is 21.9 Å². The Bertz CT molecular complexity index is 886. The fourth-order valence-corrected chi connectivity index (χ4v) is 2.03. The van der Waals surface area contributed by atoms with Gasteiger partial charge in [-0.25, -0.2) is 8.78 Å². The molecule has 0 atom stereocenters. The number of aryl methyl sites for hydroxylation is 2. The Balaban J connectivity index is 1.80. The van der Waals surface area contributed by atoms with Crippen LogP contribution in [0.4, 0.5) is 14.8 Å². The second kappa shape index (κ2) is 5.64. The first-order chi connectivity index (χ1) is 10.9. The molecule has 2 aromatic heterocycles. The first-order valence-electron chi connectivity index (χ1n) is 6.61. The van der Waals surface area contributed by atoms with Crippen molar-refractivity contribution >= 4 is 11.9 Å². The van der Waals surface area contributed by atoms with Crippen LogP contribution in [0.5, 0.6) is 0 Å². The van der Waals surface area contributed by atoms with Gasteiger partial charge in [0.05, 0.1) is 5.56 Å². The third-order valence-electron chi connectivity index (χ3n) is 3.10. The predicted molar refractivity (Wildman–Crippen MR) is 75.8 cm³/mol. The van der Waals surface area contributed by atoms with Crippen LogP contribution in [0.25, 0.3) is 11.5 Å². The van der Waals surface area contributed by atoms with E-state index in [-0.39, 0.29) is 17.5 Å². The topological polar surface area (TPSA) is 81.2 Å². The fraction of sp³-hybridized carbons (Fsp3) is 0.133. The van der Waals surface area contributed by atoms with E-state index in [4.69, 9.17) is 8.83 Å². The molecule has 0 spiro atoms. The van der Waals surface area contributed by atoms with Crippen LogP contribution in [0.3, 0.4) is 0 Å². The molecule has 1 aromatic carbocycles. The molecule has 0 bridgehead atoms. The lowest BCUT2D eigenvalue weighted by atomic mass is 10.2. The molecule has 0 aliphatic rings. The smallest absolute Gasteiger partial charge is 0.322 e. The van der Waals surface area contributed by atoms with Crippen molar-refractivity contribution in [3.05, 3.63) is 53.0 Å². The standard InChI is InChI=1S/C15H11F2N3O3/c1-7-5-10(8(2)22-7)14-19-20-15(23-14)18-13(21)9-3-4-11(16)12(17)6-9/h3-6H,1-2H3,(H,18,20,21). The fourth-order valence-electron chi connectivity index (χ4n) is 2.03. The average molecular weight is 319 g/mol. The number of carbonyl (C=O) groups excluding carboxylic acids is 1. The number of hydrogen-bond acceptors (Lipinski definition) is 5. The maximum absolute atomic E-state index is 13.1. The monoisotopic (exact) mass is 319 g/mol. The first-order valence-corrected chi connectivity index (χ1v) is 6.61. The number of rotatable bonds is 3. The van der Waals surface area contributed by atoms with E-state index in [0.717, 1.165) is 18.2 Å². The maximum Gasteiger partial charge on any atom is 0.322 e. The molecular weight excluding hydrogens is 308 g/mol. The largest absolute Gasteiger partial charge is 0.466 e. The van der Waals surface area contributed by atoms with Gasteiger partial charge in [-0.05, 0) is 38.1 Å². The quantitative estimate of drug-likeness (QED) is 0.799. The number of halogens is 2. The molecule has 1 N–H and O–H groups in total. The van der Waals surface area contributed by atoms with Crippen LogP contribution < -0.4 is 5.32 Å². The molecule has 6 nitrogen and oxygen atoms in total. The number of benzene rings is 1. The molecule has 0 unspecified atom stereocenters. The molecule has 0 aliphatic carbocycles. The summed E-state index contributed by atoms with van der Waals surface area (Å²) in [7, 11) is 0. The zero-order valence-electron chi connectivity index (χ0n) is 12.2. The van der Waals surface area contributed by atoms with E-state index in [2.05, 4.69) is 15.5 Å². The lowest BCUT2D eigenvalue weighted by Crippen LogP contribution is -2.12. The minimum atomic E-state index is -1.12. The number of aromatic nitrogens is 2. The number of nitrogens with one attached hydrogen (secondary N) is 1. The van der Waals surface area contributed by atoms with E-state index < -0.39 is 17.5 Å². The van der Waals surface area contributed by atoms with Gasteiger partial charge in [0.1, 0.15) is 11.5 Å². The van der Waals surface area contributed by atoms with Crippen molar-refractivity contribution < 1.29 is 22.4 Å². The minimum absolute atomic E-state index is 0.0704. The molecule has 8 heteroatoms. The van der Waals surface area contributed by atoms with Crippen molar-refractivity contribution in [3.63, 3.8) is 0 Å². The van der Waals surface area contributed by atoms with Crippen molar-refractivity contribution in [2.75, 3.05) is 5.32 Å². The van der Waals surface area contributed by atoms with Gasteiger partial charge >= 0.3 is 6.01 Å². The number of carbonyl (C=O) groups is 1. The van der Waals surface area contributed by atoms with Gasteiger partial charge in [-0.2, -0.15) is 0 Å². The molecule has 3 rings (SSSR count). The van der Waals surface area contributed by atoms with Crippen LogP contribution in [0.2, 0.25) is 0 Å². The van der Waals surface area contributed by atoms with Gasteiger partial charge in [0.25, 0.3) is 11.8 Å². The van der Waals surface area contributed by atoms with Crippen LogP contribution in [-0.2, 0) is 0 Å². The molecule has 0 saturated heterocycles. The number of furan rings is 1. The number of anilines is 1. The van der Waals surface area contributed by atoms with Crippen LogP contribution in [-0.4, -0.2) is 16.1 Å². The molecule has 0 saturated carbocycles. The van der Waals surface area contributed by atoms with Gasteiger partial charge in [0.15, 0.2) is 11.6 Å². The minimum Gasteiger partial charge on any atom is -0.466 e.